The van der Waals surface area contributed by atoms with Crippen molar-refractivity contribution in [2.45, 2.75) is 6.92 Å². The number of nitrogen functional groups attached to an aromatic ring is 1. The molecule has 4 heteroatoms. The third-order valence-corrected chi connectivity index (χ3v) is 2.88. The van der Waals surface area contributed by atoms with Crippen LogP contribution in [0.25, 0.3) is 16.7 Å². The van der Waals surface area contributed by atoms with Gasteiger partial charge in [-0.3, -0.25) is 4.57 Å². The molecule has 3 aromatic rings. The van der Waals surface area contributed by atoms with Gasteiger partial charge in [-0.05, 0) is 48.9 Å². The molecule has 0 fully saturated rings. The van der Waals surface area contributed by atoms with Gasteiger partial charge >= 0.3 is 0 Å². The van der Waals surface area contributed by atoms with Crippen molar-refractivity contribution in [2.24, 2.45) is 0 Å². The van der Waals surface area contributed by atoms with Crippen molar-refractivity contribution in [3.05, 3.63) is 54.1 Å². The second-order valence-corrected chi connectivity index (χ2v) is 4.35. The Balaban J connectivity index is 2.25. The molecule has 1 heterocycles. The van der Waals surface area contributed by atoms with Crippen LogP contribution in [0.1, 0.15) is 5.56 Å². The fourth-order valence-corrected chi connectivity index (χ4v) is 2.09. The molecule has 0 aliphatic heterocycles. The predicted molar refractivity (Wildman–Crippen MR) is 70.2 cm³/mol. The minimum absolute atomic E-state index is 0.248. The van der Waals surface area contributed by atoms with E-state index < -0.39 is 0 Å². The van der Waals surface area contributed by atoms with Gasteiger partial charge in [0, 0.05) is 5.69 Å². The first-order valence-electron chi connectivity index (χ1n) is 5.63. The van der Waals surface area contributed by atoms with Crippen LogP contribution >= 0.6 is 0 Å². The standard InChI is InChI=1S/C14H12FN3/c1-9-4-10(15)6-12(5-9)18-8-17-13-7-11(16)2-3-14(13)18/h2-8H,16H2,1H3. The zero-order chi connectivity index (χ0) is 12.7. The lowest BCUT2D eigenvalue weighted by Crippen LogP contribution is -1.94. The normalized spacial score (nSPS) is 11.0. The summed E-state index contributed by atoms with van der Waals surface area (Å²) in [6, 6.07) is 10.4. The van der Waals surface area contributed by atoms with Crippen LogP contribution in [0.4, 0.5) is 10.1 Å². The van der Waals surface area contributed by atoms with Crippen LogP contribution in [0.5, 0.6) is 0 Å². The van der Waals surface area contributed by atoms with Crippen molar-refractivity contribution in [2.75, 3.05) is 5.73 Å². The minimum atomic E-state index is -0.248. The molecule has 0 saturated carbocycles. The summed E-state index contributed by atoms with van der Waals surface area (Å²) >= 11 is 0. The van der Waals surface area contributed by atoms with Crippen LogP contribution in [-0.4, -0.2) is 9.55 Å². The number of hydrogen-bond donors (Lipinski definition) is 1. The van der Waals surface area contributed by atoms with Gasteiger partial charge in [0.15, 0.2) is 0 Å². The molecule has 0 aliphatic carbocycles. The van der Waals surface area contributed by atoms with Crippen molar-refractivity contribution >= 4 is 16.7 Å². The summed E-state index contributed by atoms with van der Waals surface area (Å²) in [4.78, 5) is 4.28. The molecule has 1 aromatic heterocycles. The number of nitrogens with zero attached hydrogens (tertiary/aromatic N) is 2. The van der Waals surface area contributed by atoms with Crippen molar-refractivity contribution in [3.63, 3.8) is 0 Å². The number of aryl methyl sites for hydroxylation is 1. The molecule has 0 unspecified atom stereocenters. The van der Waals surface area contributed by atoms with E-state index in [1.807, 2.05) is 29.7 Å². The summed E-state index contributed by atoms with van der Waals surface area (Å²) in [7, 11) is 0. The predicted octanol–water partition coefficient (Wildman–Crippen LogP) is 3.06. The van der Waals surface area contributed by atoms with E-state index in [1.165, 1.54) is 12.1 Å². The maximum atomic E-state index is 13.4. The Kier molecular flexibility index (Phi) is 2.30. The quantitative estimate of drug-likeness (QED) is 0.665. The topological polar surface area (TPSA) is 43.8 Å². The highest BCUT2D eigenvalue weighted by atomic mass is 19.1. The van der Waals surface area contributed by atoms with E-state index in [1.54, 1.807) is 12.4 Å². The monoisotopic (exact) mass is 241 g/mol. The van der Waals surface area contributed by atoms with E-state index in [0.717, 1.165) is 22.3 Å². The largest absolute Gasteiger partial charge is 0.399 e. The molecule has 0 bridgehead atoms. The second kappa shape index (κ2) is 3.84. The van der Waals surface area contributed by atoms with Crippen molar-refractivity contribution < 1.29 is 4.39 Å². The van der Waals surface area contributed by atoms with Crippen LogP contribution in [0.15, 0.2) is 42.7 Å². The molecular formula is C14H12FN3. The molecule has 0 aliphatic rings. The Bertz CT molecular complexity index is 711. The Morgan fingerprint density at radius 2 is 2.00 bits per heavy atom. The van der Waals surface area contributed by atoms with E-state index in [9.17, 15) is 4.39 Å². The van der Waals surface area contributed by atoms with Gasteiger partial charge in [0.2, 0.25) is 0 Å². The Hall–Kier alpha value is -2.36. The fraction of sp³-hybridized carbons (Fsp3) is 0.0714. The van der Waals surface area contributed by atoms with E-state index >= 15 is 0 Å². The molecule has 3 nitrogen and oxygen atoms in total. The lowest BCUT2D eigenvalue weighted by molar-refractivity contribution is 0.625. The maximum absolute atomic E-state index is 13.4. The van der Waals surface area contributed by atoms with Gasteiger partial charge in [0.05, 0.1) is 16.7 Å². The van der Waals surface area contributed by atoms with E-state index in [-0.39, 0.29) is 5.82 Å². The highest BCUT2D eigenvalue weighted by molar-refractivity contribution is 5.80. The van der Waals surface area contributed by atoms with Crippen molar-refractivity contribution in [1.82, 2.24) is 9.55 Å². The molecule has 0 spiro atoms. The van der Waals surface area contributed by atoms with Crippen LogP contribution in [0.3, 0.4) is 0 Å². The highest BCUT2D eigenvalue weighted by Crippen LogP contribution is 2.21. The van der Waals surface area contributed by atoms with Crippen molar-refractivity contribution in [1.29, 1.82) is 0 Å². The number of rotatable bonds is 1. The molecular weight excluding hydrogens is 229 g/mol. The van der Waals surface area contributed by atoms with Gasteiger partial charge in [-0.1, -0.05) is 0 Å². The maximum Gasteiger partial charge on any atom is 0.125 e. The number of fused-ring (bicyclic) bond motifs is 1. The molecule has 2 N–H and O–H groups in total. The summed E-state index contributed by atoms with van der Waals surface area (Å²) < 4.78 is 15.3. The molecule has 18 heavy (non-hydrogen) atoms. The molecule has 0 atom stereocenters. The average Bonchev–Trinajstić information content (AvgIpc) is 2.70. The van der Waals surface area contributed by atoms with Gasteiger partial charge in [0.25, 0.3) is 0 Å². The first-order chi connectivity index (χ1) is 8.63. The number of aromatic nitrogens is 2. The number of hydrogen-bond acceptors (Lipinski definition) is 2. The first kappa shape index (κ1) is 10.8. The van der Waals surface area contributed by atoms with Crippen LogP contribution in [-0.2, 0) is 0 Å². The third-order valence-electron chi connectivity index (χ3n) is 2.88. The lowest BCUT2D eigenvalue weighted by atomic mass is 10.2. The molecule has 90 valence electrons. The zero-order valence-corrected chi connectivity index (χ0v) is 9.89. The van der Waals surface area contributed by atoms with Crippen LogP contribution < -0.4 is 5.73 Å². The number of nitrogens with two attached hydrogens (primary N) is 1. The number of benzene rings is 2. The molecule has 2 aromatic carbocycles. The van der Waals surface area contributed by atoms with Gasteiger partial charge < -0.3 is 5.73 Å². The average molecular weight is 241 g/mol. The Morgan fingerprint density at radius 1 is 1.17 bits per heavy atom. The SMILES string of the molecule is Cc1cc(F)cc(-n2cnc3cc(N)ccc32)c1. The van der Waals surface area contributed by atoms with Crippen LogP contribution in [0, 0.1) is 12.7 Å². The van der Waals surface area contributed by atoms with Gasteiger partial charge in [-0.25, -0.2) is 9.37 Å². The second-order valence-electron chi connectivity index (χ2n) is 4.35. The lowest BCUT2D eigenvalue weighted by Gasteiger charge is -2.06. The summed E-state index contributed by atoms with van der Waals surface area (Å²) in [5, 5.41) is 0. The summed E-state index contributed by atoms with van der Waals surface area (Å²) in [6.45, 7) is 1.86. The Morgan fingerprint density at radius 3 is 2.78 bits per heavy atom. The summed E-state index contributed by atoms with van der Waals surface area (Å²) in [5.74, 6) is -0.248. The van der Waals surface area contributed by atoms with Crippen molar-refractivity contribution in [3.8, 4) is 5.69 Å². The van der Waals surface area contributed by atoms with Gasteiger partial charge in [-0.15, -0.1) is 0 Å². The molecule has 0 radical (unpaired) electrons. The number of halogens is 1. The van der Waals surface area contributed by atoms with Crippen LogP contribution in [0.2, 0.25) is 0 Å². The zero-order valence-electron chi connectivity index (χ0n) is 9.89. The van der Waals surface area contributed by atoms with E-state index in [2.05, 4.69) is 4.98 Å². The fourth-order valence-electron chi connectivity index (χ4n) is 2.09. The molecule has 0 saturated heterocycles. The smallest absolute Gasteiger partial charge is 0.125 e. The molecule has 3 rings (SSSR count). The number of imidazole rings is 1. The highest BCUT2D eigenvalue weighted by Gasteiger charge is 2.06. The Labute approximate surface area is 104 Å². The van der Waals surface area contributed by atoms with E-state index in [4.69, 9.17) is 5.73 Å². The first-order valence-corrected chi connectivity index (χ1v) is 5.63. The summed E-state index contributed by atoms with van der Waals surface area (Å²) in [6.07, 6.45) is 1.68. The summed E-state index contributed by atoms with van der Waals surface area (Å²) in [5.41, 5.74) is 9.74. The van der Waals surface area contributed by atoms with Gasteiger partial charge in [0.1, 0.15) is 12.1 Å². The number of anilines is 1. The molecule has 0 amide bonds. The van der Waals surface area contributed by atoms with E-state index in [0.29, 0.717) is 5.69 Å². The third kappa shape index (κ3) is 1.72. The minimum Gasteiger partial charge on any atom is -0.399 e. The van der Waals surface area contributed by atoms with Gasteiger partial charge in [-0.2, -0.15) is 0 Å².